The summed E-state index contributed by atoms with van der Waals surface area (Å²) in [6, 6.07) is 2.34. The van der Waals surface area contributed by atoms with Gasteiger partial charge in [-0.2, -0.15) is 0 Å². The maximum absolute atomic E-state index is 12.7. The van der Waals surface area contributed by atoms with Crippen molar-refractivity contribution in [3.8, 4) is 0 Å². The van der Waals surface area contributed by atoms with E-state index in [9.17, 15) is 9.59 Å². The molecule has 4 rings (SSSR count). The Labute approximate surface area is 154 Å². The minimum Gasteiger partial charge on any atom is -0.356 e. The summed E-state index contributed by atoms with van der Waals surface area (Å²) in [5, 5.41) is 2.96. The predicted octanol–water partition coefficient (Wildman–Crippen LogP) is 1.13. The SMILES string of the molecule is CC(=O)NC[C@H]1[C@H]2C[C@H](CN(c3ccnc(C)n3)C2)[C@@H]2CCCC(=O)N21. The number of fused-ring (bicyclic) bond motifs is 4. The minimum atomic E-state index is -0.0350. The van der Waals surface area contributed by atoms with Crippen molar-refractivity contribution in [2.45, 2.75) is 51.6 Å². The van der Waals surface area contributed by atoms with Crippen LogP contribution in [0, 0.1) is 18.8 Å². The molecule has 2 bridgehead atoms. The van der Waals surface area contributed by atoms with Crippen LogP contribution in [-0.2, 0) is 9.59 Å². The molecule has 1 aromatic heterocycles. The molecule has 0 aromatic carbocycles. The van der Waals surface area contributed by atoms with Crippen molar-refractivity contribution in [3.05, 3.63) is 18.1 Å². The van der Waals surface area contributed by atoms with Crippen molar-refractivity contribution in [3.63, 3.8) is 0 Å². The number of hydrogen-bond acceptors (Lipinski definition) is 5. The third-order valence-electron chi connectivity index (χ3n) is 6.14. The second-order valence-corrected chi connectivity index (χ2v) is 7.89. The summed E-state index contributed by atoms with van der Waals surface area (Å²) in [5.41, 5.74) is 0. The Kier molecular flexibility index (Phi) is 4.54. The summed E-state index contributed by atoms with van der Waals surface area (Å²) < 4.78 is 0. The number of anilines is 1. The van der Waals surface area contributed by atoms with Crippen LogP contribution in [0.3, 0.4) is 0 Å². The first-order valence-corrected chi connectivity index (χ1v) is 9.63. The molecule has 0 unspecified atom stereocenters. The van der Waals surface area contributed by atoms with Gasteiger partial charge in [-0.15, -0.1) is 0 Å². The lowest BCUT2D eigenvalue weighted by Gasteiger charge is -2.56. The Morgan fingerprint density at radius 3 is 2.92 bits per heavy atom. The number of hydrogen-bond donors (Lipinski definition) is 1. The maximum Gasteiger partial charge on any atom is 0.223 e. The van der Waals surface area contributed by atoms with Crippen LogP contribution in [0.4, 0.5) is 5.82 Å². The Morgan fingerprint density at radius 1 is 1.35 bits per heavy atom. The molecule has 7 nitrogen and oxygen atoms in total. The number of nitrogens with one attached hydrogen (secondary N) is 1. The van der Waals surface area contributed by atoms with E-state index in [0.717, 1.165) is 44.0 Å². The van der Waals surface area contributed by atoms with Crippen molar-refractivity contribution in [2.24, 2.45) is 11.8 Å². The summed E-state index contributed by atoms with van der Waals surface area (Å²) in [7, 11) is 0. The molecular weight excluding hydrogens is 330 g/mol. The van der Waals surface area contributed by atoms with Crippen LogP contribution in [0.1, 0.15) is 38.4 Å². The second-order valence-electron chi connectivity index (χ2n) is 7.89. The molecule has 1 aromatic rings. The fourth-order valence-corrected chi connectivity index (χ4v) is 5.09. The standard InChI is InChI=1S/C19H27N5O2/c1-12-20-7-6-18(22-12)23-10-14-8-15(11-23)17(9-21-13(2)25)24-16(14)4-3-5-19(24)26/h6-7,14-17H,3-5,8-11H2,1-2H3,(H,21,25)/t14-,15+,16+,17+/m1/s1. The maximum atomic E-state index is 12.7. The zero-order valence-electron chi connectivity index (χ0n) is 15.5. The van der Waals surface area contributed by atoms with Gasteiger partial charge in [-0.1, -0.05) is 0 Å². The normalized spacial score (nSPS) is 30.8. The monoisotopic (exact) mass is 357 g/mol. The molecule has 1 N–H and O–H groups in total. The number of carbonyl (C=O) groups excluding carboxylic acids is 2. The number of aryl methyl sites for hydroxylation is 1. The highest BCUT2D eigenvalue weighted by Crippen LogP contribution is 2.42. The Bertz CT molecular complexity index is 709. The number of nitrogens with zero attached hydrogens (tertiary/aromatic N) is 4. The molecule has 0 spiro atoms. The molecule has 0 aliphatic carbocycles. The van der Waals surface area contributed by atoms with E-state index < -0.39 is 0 Å². The van der Waals surface area contributed by atoms with Crippen LogP contribution < -0.4 is 10.2 Å². The third kappa shape index (κ3) is 3.15. The van der Waals surface area contributed by atoms with Crippen molar-refractivity contribution in [2.75, 3.05) is 24.5 Å². The highest BCUT2D eigenvalue weighted by atomic mass is 16.2. The molecule has 26 heavy (non-hydrogen) atoms. The number of rotatable bonds is 3. The summed E-state index contributed by atoms with van der Waals surface area (Å²) >= 11 is 0. The number of aromatic nitrogens is 2. The molecule has 4 atom stereocenters. The van der Waals surface area contributed by atoms with Crippen LogP contribution >= 0.6 is 0 Å². The van der Waals surface area contributed by atoms with E-state index in [4.69, 9.17) is 0 Å². The predicted molar refractivity (Wildman–Crippen MR) is 97.5 cm³/mol. The second kappa shape index (κ2) is 6.85. The van der Waals surface area contributed by atoms with E-state index in [0.29, 0.717) is 24.8 Å². The van der Waals surface area contributed by atoms with Gasteiger partial charge in [0, 0.05) is 45.2 Å². The van der Waals surface area contributed by atoms with Gasteiger partial charge in [0.25, 0.3) is 0 Å². The van der Waals surface area contributed by atoms with Crippen molar-refractivity contribution in [1.29, 1.82) is 0 Å². The molecule has 0 radical (unpaired) electrons. The quantitative estimate of drug-likeness (QED) is 0.877. The largest absolute Gasteiger partial charge is 0.356 e. The molecule has 3 aliphatic rings. The van der Waals surface area contributed by atoms with E-state index in [1.807, 2.05) is 19.2 Å². The third-order valence-corrected chi connectivity index (χ3v) is 6.14. The van der Waals surface area contributed by atoms with Crippen molar-refractivity contribution >= 4 is 17.6 Å². The van der Waals surface area contributed by atoms with Crippen molar-refractivity contribution < 1.29 is 9.59 Å². The molecule has 3 aliphatic heterocycles. The van der Waals surface area contributed by atoms with Crippen LogP contribution in [0.15, 0.2) is 12.3 Å². The molecule has 4 heterocycles. The van der Waals surface area contributed by atoms with Crippen LogP contribution in [0.25, 0.3) is 0 Å². The first-order valence-electron chi connectivity index (χ1n) is 9.63. The fourth-order valence-electron chi connectivity index (χ4n) is 5.09. The fraction of sp³-hybridized carbons (Fsp3) is 0.684. The lowest BCUT2D eigenvalue weighted by molar-refractivity contribution is -0.149. The van der Waals surface area contributed by atoms with Gasteiger partial charge in [-0.3, -0.25) is 9.59 Å². The minimum absolute atomic E-state index is 0.0350. The van der Waals surface area contributed by atoms with E-state index in [2.05, 4.69) is 25.1 Å². The summed E-state index contributed by atoms with van der Waals surface area (Å²) in [5.74, 6) is 2.81. The molecule has 2 amide bonds. The van der Waals surface area contributed by atoms with E-state index in [1.165, 1.54) is 6.92 Å². The lowest BCUT2D eigenvalue weighted by atomic mass is 9.72. The highest BCUT2D eigenvalue weighted by molar-refractivity contribution is 5.78. The molecule has 0 saturated carbocycles. The van der Waals surface area contributed by atoms with Gasteiger partial charge in [0.15, 0.2) is 0 Å². The van der Waals surface area contributed by atoms with Gasteiger partial charge in [-0.25, -0.2) is 9.97 Å². The van der Waals surface area contributed by atoms with E-state index in [1.54, 1.807) is 0 Å². The van der Waals surface area contributed by atoms with Gasteiger partial charge in [0.1, 0.15) is 11.6 Å². The molecule has 7 heteroatoms. The lowest BCUT2D eigenvalue weighted by Crippen LogP contribution is -2.67. The number of piperidine rings is 3. The molecule has 3 saturated heterocycles. The Hall–Kier alpha value is -2.18. The number of amides is 2. The molecule has 140 valence electrons. The van der Waals surface area contributed by atoms with Gasteiger partial charge in [0.05, 0.1) is 6.04 Å². The van der Waals surface area contributed by atoms with Crippen molar-refractivity contribution in [1.82, 2.24) is 20.2 Å². The summed E-state index contributed by atoms with van der Waals surface area (Å²) in [6.45, 7) is 5.81. The van der Waals surface area contributed by atoms with Gasteiger partial charge in [0.2, 0.25) is 11.8 Å². The Morgan fingerprint density at radius 2 is 2.15 bits per heavy atom. The summed E-state index contributed by atoms with van der Waals surface area (Å²) in [4.78, 5) is 37.5. The van der Waals surface area contributed by atoms with Crippen LogP contribution in [0.2, 0.25) is 0 Å². The van der Waals surface area contributed by atoms with E-state index >= 15 is 0 Å². The average Bonchev–Trinajstić information content (AvgIpc) is 2.62. The smallest absolute Gasteiger partial charge is 0.223 e. The average molecular weight is 357 g/mol. The highest BCUT2D eigenvalue weighted by Gasteiger charge is 2.49. The summed E-state index contributed by atoms with van der Waals surface area (Å²) in [6.07, 6.45) is 5.62. The first-order chi connectivity index (χ1) is 12.5. The number of carbonyl (C=O) groups is 2. The van der Waals surface area contributed by atoms with Crippen LogP contribution in [0.5, 0.6) is 0 Å². The zero-order valence-corrected chi connectivity index (χ0v) is 15.5. The first kappa shape index (κ1) is 17.2. The van der Waals surface area contributed by atoms with Gasteiger partial charge >= 0.3 is 0 Å². The van der Waals surface area contributed by atoms with Gasteiger partial charge < -0.3 is 15.1 Å². The Balaban J connectivity index is 1.61. The van der Waals surface area contributed by atoms with E-state index in [-0.39, 0.29) is 23.9 Å². The van der Waals surface area contributed by atoms with Gasteiger partial charge in [-0.05, 0) is 44.1 Å². The van der Waals surface area contributed by atoms with Crippen LogP contribution in [-0.4, -0.2) is 58.4 Å². The molecule has 3 fully saturated rings. The topological polar surface area (TPSA) is 78.4 Å². The zero-order chi connectivity index (χ0) is 18.3. The molecular formula is C19H27N5O2.